The number of hydrogen-bond donors (Lipinski definition) is 3. The quantitative estimate of drug-likeness (QED) is 0.445. The van der Waals surface area contributed by atoms with Gasteiger partial charge in [-0.15, -0.1) is 0 Å². The predicted octanol–water partition coefficient (Wildman–Crippen LogP) is 3.06. The summed E-state index contributed by atoms with van der Waals surface area (Å²) < 4.78 is 0. The topological polar surface area (TPSA) is 112 Å². The molecule has 4 heterocycles. The Morgan fingerprint density at radius 2 is 2.10 bits per heavy atom. The van der Waals surface area contributed by atoms with Gasteiger partial charge in [0.2, 0.25) is 0 Å². The minimum absolute atomic E-state index is 0.211. The number of allylic oxidation sites excluding steroid dienone is 2. The summed E-state index contributed by atoms with van der Waals surface area (Å²) in [5, 5.41) is 8.55. The highest BCUT2D eigenvalue weighted by Crippen LogP contribution is 2.30. The van der Waals surface area contributed by atoms with Gasteiger partial charge in [0.15, 0.2) is 5.82 Å². The van der Waals surface area contributed by atoms with Crippen molar-refractivity contribution < 1.29 is 0 Å². The second-order valence-electron chi connectivity index (χ2n) is 7.45. The van der Waals surface area contributed by atoms with E-state index in [-0.39, 0.29) is 6.04 Å². The number of hydrogen-bond acceptors (Lipinski definition) is 6. The van der Waals surface area contributed by atoms with Crippen molar-refractivity contribution in [2.75, 3.05) is 18.0 Å². The van der Waals surface area contributed by atoms with Crippen LogP contribution >= 0.6 is 0 Å². The molecule has 3 aromatic heterocycles. The molecule has 0 spiro atoms. The first-order valence-corrected chi connectivity index (χ1v) is 9.79. The van der Waals surface area contributed by atoms with Gasteiger partial charge < -0.3 is 15.6 Å². The predicted molar refractivity (Wildman–Crippen MR) is 119 cm³/mol. The molecule has 0 aliphatic carbocycles. The van der Waals surface area contributed by atoms with Crippen molar-refractivity contribution in [2.45, 2.75) is 13.0 Å². The summed E-state index contributed by atoms with van der Waals surface area (Å²) in [4.78, 5) is 19.3. The number of nitrogens with two attached hydrogens (primary N) is 1. The first-order valence-electron chi connectivity index (χ1n) is 9.79. The van der Waals surface area contributed by atoms with E-state index >= 15 is 0 Å². The second-order valence-corrected chi connectivity index (χ2v) is 7.45. The van der Waals surface area contributed by atoms with Gasteiger partial charge in [-0.25, -0.2) is 9.97 Å². The standard InChI is InChI=1S/C22H22N8/c1-3-4-5-17-13(2)25-22(27-17)21-16-8-14(6-7-18(16)28-29-21)19-9-24-10-20(26-19)30-11-15(23)12-30/h3-10,15H,1,11-12,23H2,2H3,(H,25,27)(H,28,29)/b5-4-. The van der Waals surface area contributed by atoms with Crippen LogP contribution in [-0.2, 0) is 0 Å². The van der Waals surface area contributed by atoms with E-state index in [4.69, 9.17) is 10.7 Å². The molecule has 1 fully saturated rings. The van der Waals surface area contributed by atoms with Crippen LogP contribution in [-0.4, -0.2) is 49.3 Å². The molecule has 1 saturated heterocycles. The zero-order valence-electron chi connectivity index (χ0n) is 16.6. The molecule has 150 valence electrons. The smallest absolute Gasteiger partial charge is 0.159 e. The van der Waals surface area contributed by atoms with Crippen molar-refractivity contribution in [2.24, 2.45) is 5.73 Å². The van der Waals surface area contributed by atoms with Crippen molar-refractivity contribution in [3.8, 4) is 22.8 Å². The first kappa shape index (κ1) is 18.3. The molecule has 4 aromatic rings. The Bertz CT molecular complexity index is 1260. The summed E-state index contributed by atoms with van der Waals surface area (Å²) in [6, 6.07) is 6.30. The summed E-state index contributed by atoms with van der Waals surface area (Å²) in [6.07, 6.45) is 9.07. The Balaban J connectivity index is 1.53. The van der Waals surface area contributed by atoms with Crippen molar-refractivity contribution in [3.05, 3.63) is 60.7 Å². The van der Waals surface area contributed by atoms with Crippen molar-refractivity contribution in [1.29, 1.82) is 0 Å². The molecule has 0 atom stereocenters. The lowest BCUT2D eigenvalue weighted by atomic mass is 10.1. The van der Waals surface area contributed by atoms with Gasteiger partial charge >= 0.3 is 0 Å². The number of nitrogens with zero attached hydrogens (tertiary/aromatic N) is 5. The van der Waals surface area contributed by atoms with Crippen LogP contribution in [0, 0.1) is 6.92 Å². The van der Waals surface area contributed by atoms with E-state index in [2.05, 4.69) is 42.7 Å². The summed E-state index contributed by atoms with van der Waals surface area (Å²) >= 11 is 0. The zero-order chi connectivity index (χ0) is 20.7. The van der Waals surface area contributed by atoms with Crippen LogP contribution < -0.4 is 10.6 Å². The number of imidazole rings is 1. The number of aromatic nitrogens is 6. The van der Waals surface area contributed by atoms with Gasteiger partial charge in [-0.2, -0.15) is 5.10 Å². The molecule has 30 heavy (non-hydrogen) atoms. The van der Waals surface area contributed by atoms with Gasteiger partial charge in [-0.1, -0.05) is 24.8 Å². The fraction of sp³-hybridized carbons (Fsp3) is 0.182. The van der Waals surface area contributed by atoms with Crippen LogP contribution in [0.25, 0.3) is 39.8 Å². The monoisotopic (exact) mass is 398 g/mol. The maximum atomic E-state index is 5.90. The van der Waals surface area contributed by atoms with Crippen LogP contribution in [0.4, 0.5) is 5.82 Å². The van der Waals surface area contributed by atoms with E-state index in [0.717, 1.165) is 58.1 Å². The Morgan fingerprint density at radius 3 is 2.90 bits per heavy atom. The highest BCUT2D eigenvalue weighted by molar-refractivity contribution is 5.94. The van der Waals surface area contributed by atoms with E-state index < -0.39 is 0 Å². The number of aromatic amines is 2. The van der Waals surface area contributed by atoms with Crippen molar-refractivity contribution in [3.63, 3.8) is 0 Å². The third kappa shape index (κ3) is 3.17. The number of benzene rings is 1. The molecular formula is C22H22N8. The van der Waals surface area contributed by atoms with E-state index in [1.807, 2.05) is 31.2 Å². The minimum Gasteiger partial charge on any atom is -0.352 e. The lowest BCUT2D eigenvalue weighted by Gasteiger charge is -2.37. The molecule has 0 bridgehead atoms. The molecule has 8 heteroatoms. The lowest BCUT2D eigenvalue weighted by molar-refractivity contribution is 0.514. The number of H-pyrrole nitrogens is 2. The number of anilines is 1. The highest BCUT2D eigenvalue weighted by atomic mass is 15.3. The SMILES string of the molecule is C=C/C=C\c1nc(-c2n[nH]c3ccc(-c4cncc(N5CC(N)C5)n4)cc23)[nH]c1C. The van der Waals surface area contributed by atoms with E-state index in [0.29, 0.717) is 5.82 Å². The summed E-state index contributed by atoms with van der Waals surface area (Å²) in [7, 11) is 0. The molecule has 0 saturated carbocycles. The van der Waals surface area contributed by atoms with Crippen molar-refractivity contribution >= 4 is 22.8 Å². The third-order valence-corrected chi connectivity index (χ3v) is 5.25. The molecule has 0 unspecified atom stereocenters. The van der Waals surface area contributed by atoms with E-state index in [1.54, 1.807) is 18.5 Å². The van der Waals surface area contributed by atoms with Gasteiger partial charge in [0, 0.05) is 35.8 Å². The molecule has 4 N–H and O–H groups in total. The fourth-order valence-corrected chi connectivity index (χ4v) is 3.61. The number of rotatable bonds is 5. The molecule has 1 aliphatic rings. The Kier molecular flexibility index (Phi) is 4.40. The van der Waals surface area contributed by atoms with E-state index in [9.17, 15) is 0 Å². The average molecular weight is 398 g/mol. The molecular weight excluding hydrogens is 376 g/mol. The van der Waals surface area contributed by atoms with Crippen LogP contribution in [0.5, 0.6) is 0 Å². The summed E-state index contributed by atoms with van der Waals surface area (Å²) in [6.45, 7) is 7.32. The third-order valence-electron chi connectivity index (χ3n) is 5.25. The van der Waals surface area contributed by atoms with Crippen molar-refractivity contribution in [1.82, 2.24) is 30.1 Å². The van der Waals surface area contributed by atoms with Gasteiger partial charge in [0.05, 0.1) is 29.3 Å². The largest absolute Gasteiger partial charge is 0.352 e. The van der Waals surface area contributed by atoms with E-state index in [1.165, 1.54) is 0 Å². The maximum absolute atomic E-state index is 5.90. The van der Waals surface area contributed by atoms with Crippen LogP contribution in [0.2, 0.25) is 0 Å². The Morgan fingerprint density at radius 1 is 1.23 bits per heavy atom. The highest BCUT2D eigenvalue weighted by Gasteiger charge is 2.24. The summed E-state index contributed by atoms with van der Waals surface area (Å²) in [5.74, 6) is 1.57. The molecule has 8 nitrogen and oxygen atoms in total. The molecule has 1 aliphatic heterocycles. The average Bonchev–Trinajstić information content (AvgIpc) is 3.32. The van der Waals surface area contributed by atoms with Gasteiger partial charge in [-0.3, -0.25) is 10.1 Å². The molecule has 0 radical (unpaired) electrons. The minimum atomic E-state index is 0.211. The lowest BCUT2D eigenvalue weighted by Crippen LogP contribution is -2.56. The first-order chi connectivity index (χ1) is 14.6. The van der Waals surface area contributed by atoms with Gasteiger partial charge in [0.25, 0.3) is 0 Å². The van der Waals surface area contributed by atoms with Gasteiger partial charge in [0.1, 0.15) is 11.5 Å². The van der Waals surface area contributed by atoms with Crippen LogP contribution in [0.15, 0.2) is 49.3 Å². The number of nitrogens with one attached hydrogen (secondary N) is 2. The normalized spacial score (nSPS) is 14.5. The zero-order valence-corrected chi connectivity index (χ0v) is 16.6. The second kappa shape index (κ2) is 7.23. The molecule has 5 rings (SSSR count). The Hall–Kier alpha value is -3.78. The number of fused-ring (bicyclic) bond motifs is 1. The number of aryl methyl sites for hydroxylation is 1. The molecule has 1 aromatic carbocycles. The maximum Gasteiger partial charge on any atom is 0.159 e. The van der Waals surface area contributed by atoms with Crippen LogP contribution in [0.3, 0.4) is 0 Å². The Labute approximate surface area is 173 Å². The molecule has 0 amide bonds. The summed E-state index contributed by atoms with van der Waals surface area (Å²) in [5.41, 5.74) is 11.2. The fourth-order valence-electron chi connectivity index (χ4n) is 3.61. The van der Waals surface area contributed by atoms with Crippen LogP contribution in [0.1, 0.15) is 11.4 Å². The van der Waals surface area contributed by atoms with Gasteiger partial charge in [-0.05, 0) is 25.1 Å².